The molecule has 0 atom stereocenters. The normalized spacial score (nSPS) is 12.2. The highest BCUT2D eigenvalue weighted by atomic mass is 32.1. The van der Waals surface area contributed by atoms with Crippen molar-refractivity contribution in [3.63, 3.8) is 0 Å². The molecule has 5 nitrogen and oxygen atoms in total. The zero-order chi connectivity index (χ0) is 9.45. The van der Waals surface area contributed by atoms with Gasteiger partial charge in [0.2, 0.25) is 0 Å². The molecule has 0 aliphatic rings. The molecule has 12 heavy (non-hydrogen) atoms. The van der Waals surface area contributed by atoms with Crippen molar-refractivity contribution in [1.29, 1.82) is 0 Å². The number of ether oxygens (including phenoxy) is 1. The molecule has 0 rings (SSSR count). The van der Waals surface area contributed by atoms with Gasteiger partial charge in [-0.25, -0.2) is 4.57 Å². The van der Waals surface area contributed by atoms with Crippen LogP contribution in [0.1, 0.15) is 0 Å². The van der Waals surface area contributed by atoms with E-state index in [1.165, 1.54) is 6.26 Å². The first-order valence-electron chi connectivity index (χ1n) is 3.14. The average molecular weight is 214 g/mol. The van der Waals surface area contributed by atoms with Crippen LogP contribution in [0.15, 0.2) is 12.3 Å². The van der Waals surface area contributed by atoms with Crippen molar-refractivity contribution in [3.8, 4) is 0 Å². The van der Waals surface area contributed by atoms with Crippen molar-refractivity contribution in [3.05, 3.63) is 12.3 Å². The Labute approximate surface area is 76.0 Å². The van der Waals surface area contributed by atoms with Crippen LogP contribution in [0.2, 0.25) is 0 Å². The van der Waals surface area contributed by atoms with Crippen LogP contribution in [-0.4, -0.2) is 28.8 Å². The Morgan fingerprint density at radius 2 is 2.08 bits per heavy atom. The van der Waals surface area contributed by atoms with E-state index < -0.39 is 7.82 Å². The maximum Gasteiger partial charge on any atom is 0.469 e. The Balaban J connectivity index is 3.22. The molecule has 0 spiro atoms. The molecule has 0 amide bonds. The first kappa shape index (κ1) is 12.0. The molecule has 0 saturated carbocycles. The second-order valence-corrected chi connectivity index (χ2v) is 3.35. The Bertz CT molecular complexity index is 177. The van der Waals surface area contributed by atoms with E-state index >= 15 is 0 Å². The summed E-state index contributed by atoms with van der Waals surface area (Å²) in [5.74, 6) is 0.555. The van der Waals surface area contributed by atoms with E-state index in [4.69, 9.17) is 14.5 Å². The zero-order valence-corrected chi connectivity index (χ0v) is 8.08. The fourth-order valence-corrected chi connectivity index (χ4v) is 0.782. The molecule has 0 fully saturated rings. The van der Waals surface area contributed by atoms with Gasteiger partial charge in [0.05, 0.1) is 12.9 Å². The maximum absolute atomic E-state index is 10.1. The lowest BCUT2D eigenvalue weighted by molar-refractivity contribution is 0.140. The van der Waals surface area contributed by atoms with Gasteiger partial charge in [-0.05, 0) is 6.08 Å². The molecule has 0 unspecified atom stereocenters. The smallest absolute Gasteiger partial charge is 0.469 e. The molecule has 0 heterocycles. The largest absolute Gasteiger partial charge is 0.499 e. The lowest BCUT2D eigenvalue weighted by atomic mass is 10.7. The summed E-state index contributed by atoms with van der Waals surface area (Å²) < 4.78 is 19.0. The molecule has 0 bridgehead atoms. The topological polar surface area (TPSA) is 76.0 Å². The van der Waals surface area contributed by atoms with E-state index in [9.17, 15) is 4.57 Å². The van der Waals surface area contributed by atoms with Gasteiger partial charge in [-0.1, -0.05) is 0 Å². The molecular formula is C5H11O5PS. The number of hydrogen-bond donors (Lipinski definition) is 3. The van der Waals surface area contributed by atoms with E-state index in [0.717, 1.165) is 0 Å². The first-order chi connectivity index (χ1) is 5.56. The minimum absolute atomic E-state index is 0.107. The number of rotatable bonds is 6. The number of phosphoric ester groups is 1. The van der Waals surface area contributed by atoms with Crippen molar-refractivity contribution >= 4 is 20.5 Å². The minimum atomic E-state index is -4.34. The van der Waals surface area contributed by atoms with Crippen LogP contribution < -0.4 is 0 Å². The lowest BCUT2D eigenvalue weighted by Crippen LogP contribution is -1.99. The van der Waals surface area contributed by atoms with Crippen molar-refractivity contribution < 1.29 is 23.6 Å². The molecule has 72 valence electrons. The Kier molecular flexibility index (Phi) is 6.51. The van der Waals surface area contributed by atoms with Gasteiger partial charge in [-0.3, -0.25) is 4.52 Å². The molecular weight excluding hydrogens is 203 g/mol. The third kappa shape index (κ3) is 10.0. The molecule has 0 radical (unpaired) electrons. The Morgan fingerprint density at radius 1 is 1.42 bits per heavy atom. The number of thiol groups is 1. The van der Waals surface area contributed by atoms with Crippen LogP contribution in [0.25, 0.3) is 0 Å². The number of phosphoric acid groups is 1. The van der Waals surface area contributed by atoms with E-state index in [1.54, 1.807) is 6.08 Å². The SMILES string of the molecule is O=P(O)(O)OCCOC=CCS. The molecule has 0 aromatic carbocycles. The van der Waals surface area contributed by atoms with Crippen LogP contribution in [0.4, 0.5) is 0 Å². The highest BCUT2D eigenvalue weighted by Gasteiger charge is 2.12. The van der Waals surface area contributed by atoms with Gasteiger partial charge in [-0.15, -0.1) is 0 Å². The van der Waals surface area contributed by atoms with Gasteiger partial charge in [0.15, 0.2) is 0 Å². The quantitative estimate of drug-likeness (QED) is 0.260. The van der Waals surface area contributed by atoms with Crippen molar-refractivity contribution in [2.45, 2.75) is 0 Å². The van der Waals surface area contributed by atoms with Crippen LogP contribution in [0.3, 0.4) is 0 Å². The van der Waals surface area contributed by atoms with Gasteiger partial charge in [-0.2, -0.15) is 12.6 Å². The van der Waals surface area contributed by atoms with Gasteiger partial charge < -0.3 is 14.5 Å². The predicted octanol–water partition coefficient (Wildman–Crippen LogP) is 0.556. The van der Waals surface area contributed by atoms with Crippen LogP contribution >= 0.6 is 20.5 Å². The van der Waals surface area contributed by atoms with E-state index in [2.05, 4.69) is 17.2 Å². The Morgan fingerprint density at radius 3 is 2.58 bits per heavy atom. The summed E-state index contributed by atoms with van der Waals surface area (Å²) in [5, 5.41) is 0. The van der Waals surface area contributed by atoms with Crippen LogP contribution in [0, 0.1) is 0 Å². The van der Waals surface area contributed by atoms with Crippen molar-refractivity contribution in [1.82, 2.24) is 0 Å². The summed E-state index contributed by atoms with van der Waals surface area (Å²) in [5.41, 5.74) is 0. The summed E-state index contributed by atoms with van der Waals surface area (Å²) >= 11 is 3.87. The monoisotopic (exact) mass is 214 g/mol. The first-order valence-corrected chi connectivity index (χ1v) is 5.30. The van der Waals surface area contributed by atoms with E-state index in [0.29, 0.717) is 5.75 Å². The molecule has 0 saturated heterocycles. The second kappa shape index (κ2) is 6.51. The van der Waals surface area contributed by atoms with Gasteiger partial charge in [0.1, 0.15) is 6.61 Å². The molecule has 0 aromatic rings. The fraction of sp³-hybridized carbons (Fsp3) is 0.600. The summed E-state index contributed by atoms with van der Waals surface area (Å²) in [4.78, 5) is 16.4. The minimum Gasteiger partial charge on any atom is -0.499 e. The molecule has 0 aromatic heterocycles. The highest BCUT2D eigenvalue weighted by Crippen LogP contribution is 2.35. The summed E-state index contributed by atoms with van der Waals surface area (Å²) in [7, 11) is -4.34. The molecule has 7 heteroatoms. The van der Waals surface area contributed by atoms with Gasteiger partial charge in [0.25, 0.3) is 0 Å². The zero-order valence-electron chi connectivity index (χ0n) is 6.29. The van der Waals surface area contributed by atoms with Crippen LogP contribution in [0.5, 0.6) is 0 Å². The fourth-order valence-electron chi connectivity index (χ4n) is 0.383. The van der Waals surface area contributed by atoms with Gasteiger partial charge >= 0.3 is 7.82 Å². The standard InChI is InChI=1S/C5H11O5PS/c6-11(7,8)10-4-3-9-2-1-5-12/h1-2,12H,3-5H2,(H2,6,7,8). The maximum atomic E-state index is 10.1. The summed E-state index contributed by atoms with van der Waals surface area (Å²) in [6.45, 7) is -0.0312. The number of hydrogen-bond acceptors (Lipinski definition) is 4. The van der Waals surface area contributed by atoms with Gasteiger partial charge in [0, 0.05) is 5.75 Å². The van der Waals surface area contributed by atoms with E-state index in [-0.39, 0.29) is 13.2 Å². The third-order valence-electron chi connectivity index (χ3n) is 0.759. The highest BCUT2D eigenvalue weighted by molar-refractivity contribution is 7.80. The lowest BCUT2D eigenvalue weighted by Gasteiger charge is -2.03. The molecule has 0 aliphatic heterocycles. The van der Waals surface area contributed by atoms with E-state index in [1.807, 2.05) is 0 Å². The Hall–Kier alpha value is -0.000000000000000111. The third-order valence-corrected chi connectivity index (χ3v) is 1.49. The predicted molar refractivity (Wildman–Crippen MR) is 46.9 cm³/mol. The summed E-state index contributed by atoms with van der Waals surface area (Å²) in [6, 6.07) is 0. The molecule has 0 aliphatic carbocycles. The second-order valence-electron chi connectivity index (χ2n) is 1.75. The molecule has 2 N–H and O–H groups in total. The average Bonchev–Trinajstić information content (AvgIpc) is 1.94. The van der Waals surface area contributed by atoms with Crippen molar-refractivity contribution in [2.24, 2.45) is 0 Å². The van der Waals surface area contributed by atoms with Crippen molar-refractivity contribution in [2.75, 3.05) is 19.0 Å². The summed E-state index contributed by atoms with van der Waals surface area (Å²) in [6.07, 6.45) is 3.05. The van der Waals surface area contributed by atoms with Crippen LogP contribution in [-0.2, 0) is 13.8 Å².